The number of aliphatic hydroxyl groups excluding tert-OH is 3. The molecule has 9 fully saturated rings. The number of H-pyrrole nitrogens is 3. The first-order valence-electron chi connectivity index (χ1n) is 39.0. The molecule has 70 heteroatoms. The molecular formula is C63H74FN27O36P6. The maximum absolute atomic E-state index is 15.9. The van der Waals surface area contributed by atoms with Gasteiger partial charge in [0.25, 0.3) is 16.7 Å². The minimum Gasteiger partial charge on any atom is -0.397 e. The molecule has 133 heavy (non-hydrogen) atoms. The van der Waals surface area contributed by atoms with Gasteiger partial charge in [0.1, 0.15) is 121 Å². The number of hydrogen-bond acceptors (Lipinski definition) is 48. The Kier molecular flexibility index (Phi) is 24.2. The summed E-state index contributed by atoms with van der Waals surface area (Å²) < 4.78 is 200. The summed E-state index contributed by atoms with van der Waals surface area (Å²) in [6, 6.07) is 4.62. The number of imidazole rings is 6. The first-order chi connectivity index (χ1) is 63.1. The van der Waals surface area contributed by atoms with E-state index in [0.29, 0.717) is 33.7 Å². The number of hydrogen-bond donors (Lipinski definition) is 18. The summed E-state index contributed by atoms with van der Waals surface area (Å²) in [6.07, 6.45) is -21.1. The molecule has 12 aromatic heterocycles. The fourth-order valence-electron chi connectivity index (χ4n) is 16.0. The van der Waals surface area contributed by atoms with Crippen LogP contribution in [0.4, 0.5) is 39.3 Å². The standard InChI is InChI=1S/C21H24FN9O12P2.2C21H25N9O12P2/c22-10-14-9(41-19(10)30-5-26-11-7(23)1-2-25-16(11)30)4-39-45(36,37)43-15-13(32)8(3-38-44(34,35)42-14)40-20(15)31-6-27-12-17(31)28-21(24)29-18(12)33;2*22-8-1-2-24-17-13(8)25-6-29(17)12-3-9-10(39-12)4-37-44(35,36)42-16-15(31)11(5-38-43(33,34)41-9)40-20(16)30-7-26-14-18(30)27-21(23)28-19(14)32/h1-2,5-6,8-10,13-15,19-20,32H,3-4H2,(H2,23,25)(H,34,35)(H,36,37)(H3,24,28,29,33);2*1-2,6-7,9-12,15-16,20,31H,3-5H2,(H2,22,24)(H,33,34)(H,35,36)(H3,23,27,28,32)/t8-,9-,10+,13?,14?,15+,19-,20-;9?,10-,11-,12-,15?,16+,20-;9-,10+,11+,12+,15+,16+,20+/m110/s1. The van der Waals surface area contributed by atoms with Crippen molar-refractivity contribution < 1.29 is 159 Å². The van der Waals surface area contributed by atoms with E-state index in [4.69, 9.17) is 117 Å². The Labute approximate surface area is 735 Å². The summed E-state index contributed by atoms with van der Waals surface area (Å²) in [5, 5.41) is 33.0. The van der Waals surface area contributed by atoms with Crippen LogP contribution in [-0.4, -0.2) is 284 Å². The number of aromatic amines is 3. The minimum atomic E-state index is -5.15. The van der Waals surface area contributed by atoms with Gasteiger partial charge in [-0.15, -0.1) is 0 Å². The lowest BCUT2D eigenvalue weighted by atomic mass is 10.1. The molecule has 10 unspecified atom stereocenters. The molecule has 24 N–H and O–H groups in total. The molecule has 0 saturated carbocycles. The Hall–Kier alpha value is -10.1. The van der Waals surface area contributed by atoms with Gasteiger partial charge in [0.2, 0.25) is 17.8 Å². The third-order valence-electron chi connectivity index (χ3n) is 22.1. The van der Waals surface area contributed by atoms with Crippen LogP contribution in [-0.2, 0) is 110 Å². The number of phosphoric acid groups is 6. The van der Waals surface area contributed by atoms with Gasteiger partial charge in [-0.05, 0) is 18.2 Å². The Balaban J connectivity index is 0.000000129. The monoisotopic (exact) mass is 1990 g/mol. The van der Waals surface area contributed by atoms with Crippen LogP contribution in [0.15, 0.2) is 89.1 Å². The van der Waals surface area contributed by atoms with Gasteiger partial charge in [0.15, 0.2) is 81.5 Å². The van der Waals surface area contributed by atoms with E-state index in [1.807, 2.05) is 0 Å². The van der Waals surface area contributed by atoms with Gasteiger partial charge in [-0.25, -0.2) is 76.6 Å². The Morgan fingerprint density at radius 1 is 0.323 bits per heavy atom. The van der Waals surface area contributed by atoms with Crippen LogP contribution >= 0.6 is 46.9 Å². The van der Waals surface area contributed by atoms with Crippen molar-refractivity contribution in [3.63, 3.8) is 0 Å². The molecule has 0 radical (unpaired) electrons. The molecule has 714 valence electrons. The smallest absolute Gasteiger partial charge is 0.397 e. The van der Waals surface area contributed by atoms with E-state index in [-0.39, 0.29) is 81.0 Å². The number of aromatic nitrogens is 21. The van der Waals surface area contributed by atoms with Gasteiger partial charge >= 0.3 is 46.9 Å². The Morgan fingerprint density at radius 2 is 0.586 bits per heavy atom. The van der Waals surface area contributed by atoms with Crippen LogP contribution in [0.25, 0.3) is 67.0 Å². The zero-order chi connectivity index (χ0) is 93.8. The number of nitrogens with one attached hydrogen (secondary N) is 3. The molecule has 0 amide bonds. The van der Waals surface area contributed by atoms with Crippen molar-refractivity contribution in [2.45, 2.75) is 148 Å². The SMILES string of the molecule is Nc1nc2c(ncn2[C@@H]2O[C@@H]3COP(=O)(O)OC4C[C@H](n5cnc6c(N)ccnc65)O[C@@H]4COP(=O)(O)O[C@H]2C3O)c(=O)[nH]1.Nc1nc2c(ncn2[C@@H]2O[C@@H]3COP(=O)(O)OC4[C@@H](COP(=O)(O)O[C@H]2C3O)O[C@@H](n2cnc3c(N)ccnc32)[C@H]4F)c(=O)[nH]1.Nc1nc2c(ncn2[C@@H]2O[C@@H]3COP(=O)(O)O[C@H]4C[C@H](n5cnc6c(N)ccnc65)O[C@@H]4COP(=O)(O)O[C@@H]2[C@@H]3O)c(=O)[nH]1. The molecule has 21 heterocycles. The molecule has 0 aromatic carbocycles. The van der Waals surface area contributed by atoms with E-state index in [1.165, 1.54) is 57.3 Å². The predicted octanol–water partition coefficient (Wildman–Crippen LogP) is -2.17. The second-order valence-corrected chi connectivity index (χ2v) is 39.0. The van der Waals surface area contributed by atoms with Gasteiger partial charge in [-0.3, -0.25) is 111 Å². The number of pyridine rings is 3. The molecular weight excluding hydrogens is 1920 g/mol. The van der Waals surface area contributed by atoms with Gasteiger partial charge in [-0.1, -0.05) is 0 Å². The average Bonchev–Trinajstić information content (AvgIpc) is 1.61. The van der Waals surface area contributed by atoms with Crippen molar-refractivity contribution in [3.05, 3.63) is 106 Å². The van der Waals surface area contributed by atoms with Crippen molar-refractivity contribution in [1.29, 1.82) is 0 Å². The Bertz CT molecular complexity index is 6760. The number of halogens is 1. The number of rotatable bonds is 6. The number of nitrogens with two attached hydrogens (primary N) is 6. The number of ether oxygens (including phenoxy) is 6. The molecule has 9 saturated heterocycles. The molecule has 63 nitrogen and oxygen atoms in total. The van der Waals surface area contributed by atoms with Gasteiger partial charge < -0.3 is 108 Å². The van der Waals surface area contributed by atoms with E-state index < -0.39 is 238 Å². The summed E-state index contributed by atoms with van der Waals surface area (Å²) in [5.74, 6) is -0.811. The predicted molar refractivity (Wildman–Crippen MR) is 433 cm³/mol. The van der Waals surface area contributed by atoms with Gasteiger partial charge in [0.05, 0.1) is 94.7 Å². The van der Waals surface area contributed by atoms with Crippen LogP contribution in [0.2, 0.25) is 0 Å². The van der Waals surface area contributed by atoms with Crippen LogP contribution in [0, 0.1) is 0 Å². The van der Waals surface area contributed by atoms with E-state index in [9.17, 15) is 86.5 Å². The first-order valence-corrected chi connectivity index (χ1v) is 48.0. The average molecular weight is 1990 g/mol. The van der Waals surface area contributed by atoms with Crippen LogP contribution in [0.5, 0.6) is 0 Å². The minimum absolute atomic E-state index is 0.0450. The fourth-order valence-corrected chi connectivity index (χ4v) is 21.7. The van der Waals surface area contributed by atoms with E-state index in [2.05, 4.69) is 74.8 Å². The highest BCUT2D eigenvalue weighted by Crippen LogP contribution is 2.59. The van der Waals surface area contributed by atoms with E-state index >= 15 is 4.39 Å². The number of aliphatic hydroxyl groups is 3. The van der Waals surface area contributed by atoms with Crippen molar-refractivity contribution in [3.8, 4) is 0 Å². The molecule has 28 atom stereocenters. The lowest BCUT2D eigenvalue weighted by molar-refractivity contribution is -0.0671. The zero-order valence-electron chi connectivity index (χ0n) is 66.9. The number of nitrogens with zero attached hydrogens (tertiary/aromatic N) is 18. The normalized spacial score (nSPS) is 36.9. The third kappa shape index (κ3) is 18.0. The third-order valence-corrected chi connectivity index (χ3v) is 28.0. The number of nitrogen functional groups attached to an aromatic ring is 6. The van der Waals surface area contributed by atoms with Crippen LogP contribution in [0.1, 0.15) is 50.2 Å². The number of phosphoric ester groups is 6. The zero-order valence-corrected chi connectivity index (χ0v) is 72.3. The summed E-state index contributed by atoms with van der Waals surface area (Å²) in [7, 11) is -30.0. The molecule has 0 spiro atoms. The quantitative estimate of drug-likeness (QED) is 0.0788. The van der Waals surface area contributed by atoms with Gasteiger partial charge in [0, 0.05) is 31.4 Å². The second kappa shape index (κ2) is 34.9. The highest BCUT2D eigenvalue weighted by atomic mass is 31.2. The molecule has 6 bridgehead atoms. The maximum Gasteiger partial charge on any atom is 0.472 e. The van der Waals surface area contributed by atoms with Gasteiger partial charge in [-0.2, -0.15) is 15.0 Å². The molecule has 12 aromatic rings. The van der Waals surface area contributed by atoms with Crippen molar-refractivity contribution in [2.75, 3.05) is 74.0 Å². The van der Waals surface area contributed by atoms with Crippen molar-refractivity contribution in [1.82, 2.24) is 102 Å². The summed E-state index contributed by atoms with van der Waals surface area (Å²) in [4.78, 5) is 157. The summed E-state index contributed by atoms with van der Waals surface area (Å²) in [5.41, 5.74) is 34.8. The molecule has 0 aliphatic carbocycles. The largest absolute Gasteiger partial charge is 0.472 e. The number of fused-ring (bicyclic) bond motifs is 15. The highest BCUT2D eigenvalue weighted by molar-refractivity contribution is 7.48. The lowest BCUT2D eigenvalue weighted by Gasteiger charge is -2.25. The van der Waals surface area contributed by atoms with Crippen LogP contribution in [0.3, 0.4) is 0 Å². The Morgan fingerprint density at radius 3 is 0.917 bits per heavy atom. The summed E-state index contributed by atoms with van der Waals surface area (Å²) >= 11 is 0. The maximum atomic E-state index is 15.9. The molecule has 21 rings (SSSR count). The lowest BCUT2D eigenvalue weighted by Crippen LogP contribution is -2.35. The van der Waals surface area contributed by atoms with E-state index in [0.717, 1.165) is 32.7 Å². The fraction of sp³-hybridized carbons (Fsp3) is 0.476. The van der Waals surface area contributed by atoms with Crippen LogP contribution < -0.4 is 51.1 Å². The second-order valence-electron chi connectivity index (χ2n) is 30.6. The first kappa shape index (κ1) is 92.0. The molecule has 9 aliphatic heterocycles. The van der Waals surface area contributed by atoms with Crippen molar-refractivity contribution >= 4 is 149 Å². The highest BCUT2D eigenvalue weighted by Gasteiger charge is 2.58. The van der Waals surface area contributed by atoms with Crippen molar-refractivity contribution in [2.24, 2.45) is 0 Å². The topological polar surface area (TPSA) is 890 Å². The molecule has 9 aliphatic rings. The van der Waals surface area contributed by atoms with E-state index in [1.54, 1.807) is 12.1 Å². The number of anilines is 6. The summed E-state index contributed by atoms with van der Waals surface area (Å²) in [6.45, 7) is -4.51. The number of alkyl halides is 1.